The molecule has 150 valence electrons. The zero-order valence-electron chi connectivity index (χ0n) is 17.0. The quantitative estimate of drug-likeness (QED) is 0.571. The van der Waals surface area contributed by atoms with Crippen LogP contribution in [-0.4, -0.2) is 31.1 Å². The van der Waals surface area contributed by atoms with E-state index in [2.05, 4.69) is 34.4 Å². The minimum Gasteiger partial charge on any atom is -0.497 e. The zero-order valence-corrected chi connectivity index (χ0v) is 17.0. The zero-order chi connectivity index (χ0) is 20.6. The molecule has 6 nitrogen and oxygen atoms in total. The Bertz CT molecular complexity index is 936. The van der Waals surface area contributed by atoms with Crippen LogP contribution in [0, 0.1) is 0 Å². The number of nitrogens with one attached hydrogen (secondary N) is 2. The molecule has 0 saturated carbocycles. The van der Waals surface area contributed by atoms with E-state index in [9.17, 15) is 4.79 Å². The summed E-state index contributed by atoms with van der Waals surface area (Å²) in [5.74, 6) is 1.20. The Balaban J connectivity index is 1.67. The molecule has 0 aliphatic carbocycles. The highest BCUT2D eigenvalue weighted by molar-refractivity contribution is 6.04. The van der Waals surface area contributed by atoms with Crippen LogP contribution in [0.3, 0.4) is 0 Å². The number of ether oxygens (including phenoxy) is 1. The van der Waals surface area contributed by atoms with E-state index in [1.807, 2.05) is 48.5 Å². The van der Waals surface area contributed by atoms with Crippen LogP contribution in [0.2, 0.25) is 0 Å². The Morgan fingerprint density at radius 3 is 2.24 bits per heavy atom. The van der Waals surface area contributed by atoms with Crippen molar-refractivity contribution < 1.29 is 9.53 Å². The lowest BCUT2D eigenvalue weighted by atomic mass is 10.2. The number of aromatic nitrogens is 1. The third-order valence-corrected chi connectivity index (χ3v) is 4.64. The van der Waals surface area contributed by atoms with Crippen molar-refractivity contribution in [2.24, 2.45) is 0 Å². The van der Waals surface area contributed by atoms with Crippen molar-refractivity contribution in [3.8, 4) is 5.75 Å². The van der Waals surface area contributed by atoms with Gasteiger partial charge in [-0.15, -0.1) is 0 Å². The molecule has 0 saturated heterocycles. The van der Waals surface area contributed by atoms with Crippen molar-refractivity contribution in [1.82, 2.24) is 4.98 Å². The standard InChI is InChI=1S/C23H26N4O2/c1-4-27(5-2)20-10-6-19(7-11-20)26-23(28)17-14-15-24-22(16-17)25-18-8-12-21(29-3)13-9-18/h6-16H,4-5H2,1-3H3,(H,24,25)(H,26,28). The van der Waals surface area contributed by atoms with E-state index in [1.165, 1.54) is 0 Å². The number of pyridine rings is 1. The maximum absolute atomic E-state index is 12.6. The molecule has 0 atom stereocenters. The molecule has 2 aromatic carbocycles. The minimum atomic E-state index is -0.180. The number of anilines is 4. The highest BCUT2D eigenvalue weighted by atomic mass is 16.5. The van der Waals surface area contributed by atoms with Gasteiger partial charge in [-0.2, -0.15) is 0 Å². The van der Waals surface area contributed by atoms with Gasteiger partial charge in [-0.1, -0.05) is 0 Å². The first kappa shape index (κ1) is 20.2. The first-order valence-corrected chi connectivity index (χ1v) is 9.66. The fourth-order valence-electron chi connectivity index (χ4n) is 3.01. The van der Waals surface area contributed by atoms with Gasteiger partial charge in [0.25, 0.3) is 5.91 Å². The highest BCUT2D eigenvalue weighted by Crippen LogP contribution is 2.21. The number of hydrogen-bond acceptors (Lipinski definition) is 5. The lowest BCUT2D eigenvalue weighted by molar-refractivity contribution is 0.102. The number of carbonyl (C=O) groups excluding carboxylic acids is 1. The van der Waals surface area contributed by atoms with Crippen LogP contribution in [0.4, 0.5) is 22.9 Å². The van der Waals surface area contributed by atoms with Crippen molar-refractivity contribution in [2.45, 2.75) is 13.8 Å². The monoisotopic (exact) mass is 390 g/mol. The first-order chi connectivity index (χ1) is 14.1. The summed E-state index contributed by atoms with van der Waals surface area (Å²) < 4.78 is 5.16. The number of methoxy groups -OCH3 is 1. The van der Waals surface area contributed by atoms with Gasteiger partial charge in [-0.05, 0) is 74.5 Å². The molecule has 2 N–H and O–H groups in total. The molecule has 1 amide bonds. The summed E-state index contributed by atoms with van der Waals surface area (Å²) in [5, 5.41) is 6.13. The van der Waals surface area contributed by atoms with E-state index in [1.54, 1.807) is 25.4 Å². The van der Waals surface area contributed by atoms with Gasteiger partial charge >= 0.3 is 0 Å². The van der Waals surface area contributed by atoms with Crippen LogP contribution < -0.4 is 20.3 Å². The van der Waals surface area contributed by atoms with E-state index in [4.69, 9.17) is 4.74 Å². The molecule has 1 heterocycles. The molecule has 0 unspecified atom stereocenters. The van der Waals surface area contributed by atoms with Crippen LogP contribution in [0.15, 0.2) is 66.9 Å². The summed E-state index contributed by atoms with van der Waals surface area (Å²) in [5.41, 5.74) is 3.29. The topological polar surface area (TPSA) is 66.5 Å². The molecule has 0 aliphatic heterocycles. The molecular formula is C23H26N4O2. The molecule has 0 spiro atoms. The smallest absolute Gasteiger partial charge is 0.255 e. The van der Waals surface area contributed by atoms with Crippen LogP contribution in [-0.2, 0) is 0 Å². The predicted molar refractivity (Wildman–Crippen MR) is 118 cm³/mol. The molecule has 3 aromatic rings. The Hall–Kier alpha value is -3.54. The average molecular weight is 390 g/mol. The summed E-state index contributed by atoms with van der Waals surface area (Å²) >= 11 is 0. The van der Waals surface area contributed by atoms with Gasteiger partial charge < -0.3 is 20.3 Å². The van der Waals surface area contributed by atoms with E-state index >= 15 is 0 Å². The third kappa shape index (κ3) is 5.25. The molecule has 3 rings (SSSR count). The second-order valence-electron chi connectivity index (χ2n) is 6.46. The Labute approximate surface area is 171 Å². The van der Waals surface area contributed by atoms with Gasteiger partial charge in [0.1, 0.15) is 11.6 Å². The largest absolute Gasteiger partial charge is 0.497 e. The summed E-state index contributed by atoms with van der Waals surface area (Å²) in [7, 11) is 1.63. The Morgan fingerprint density at radius 1 is 0.966 bits per heavy atom. The van der Waals surface area contributed by atoms with Crippen molar-refractivity contribution >= 4 is 28.8 Å². The first-order valence-electron chi connectivity index (χ1n) is 9.66. The van der Waals surface area contributed by atoms with E-state index < -0.39 is 0 Å². The maximum Gasteiger partial charge on any atom is 0.255 e. The Kier molecular flexibility index (Phi) is 6.68. The maximum atomic E-state index is 12.6. The normalized spacial score (nSPS) is 10.3. The molecule has 29 heavy (non-hydrogen) atoms. The Morgan fingerprint density at radius 2 is 1.62 bits per heavy atom. The second-order valence-corrected chi connectivity index (χ2v) is 6.46. The molecule has 0 fully saturated rings. The van der Waals surface area contributed by atoms with Crippen LogP contribution >= 0.6 is 0 Å². The SMILES string of the molecule is CCN(CC)c1ccc(NC(=O)c2ccnc(Nc3ccc(OC)cc3)c2)cc1. The van der Waals surface area contributed by atoms with Gasteiger partial charge in [-0.3, -0.25) is 4.79 Å². The van der Waals surface area contributed by atoms with E-state index in [0.29, 0.717) is 11.4 Å². The summed E-state index contributed by atoms with van der Waals surface area (Å²) in [4.78, 5) is 19.2. The van der Waals surface area contributed by atoms with E-state index in [-0.39, 0.29) is 5.91 Å². The van der Waals surface area contributed by atoms with Crippen molar-refractivity contribution in [3.63, 3.8) is 0 Å². The highest BCUT2D eigenvalue weighted by Gasteiger charge is 2.09. The van der Waals surface area contributed by atoms with Gasteiger partial charge in [-0.25, -0.2) is 4.98 Å². The molecule has 0 aliphatic rings. The van der Waals surface area contributed by atoms with Crippen LogP contribution in [0.25, 0.3) is 0 Å². The van der Waals surface area contributed by atoms with E-state index in [0.717, 1.165) is 35.9 Å². The van der Waals surface area contributed by atoms with Gasteiger partial charge in [0, 0.05) is 41.9 Å². The molecular weight excluding hydrogens is 364 g/mol. The van der Waals surface area contributed by atoms with Crippen molar-refractivity contribution in [2.75, 3.05) is 35.7 Å². The average Bonchev–Trinajstić information content (AvgIpc) is 2.76. The fraction of sp³-hybridized carbons (Fsp3) is 0.217. The number of hydrogen-bond donors (Lipinski definition) is 2. The molecule has 1 aromatic heterocycles. The van der Waals surface area contributed by atoms with Gasteiger partial charge in [0.2, 0.25) is 0 Å². The second kappa shape index (κ2) is 9.59. The minimum absolute atomic E-state index is 0.180. The van der Waals surface area contributed by atoms with Crippen LogP contribution in [0.1, 0.15) is 24.2 Å². The summed E-state index contributed by atoms with van der Waals surface area (Å²) in [6.07, 6.45) is 1.62. The number of carbonyl (C=O) groups is 1. The molecule has 6 heteroatoms. The van der Waals surface area contributed by atoms with Crippen LogP contribution in [0.5, 0.6) is 5.75 Å². The van der Waals surface area contributed by atoms with Gasteiger partial charge in [0.05, 0.1) is 7.11 Å². The number of benzene rings is 2. The lowest BCUT2D eigenvalue weighted by Crippen LogP contribution is -2.21. The predicted octanol–water partition coefficient (Wildman–Crippen LogP) is 4.93. The summed E-state index contributed by atoms with van der Waals surface area (Å²) in [6.45, 7) is 6.15. The fourth-order valence-corrected chi connectivity index (χ4v) is 3.01. The number of rotatable bonds is 8. The number of amides is 1. The molecule has 0 radical (unpaired) electrons. The third-order valence-electron chi connectivity index (χ3n) is 4.64. The lowest BCUT2D eigenvalue weighted by Gasteiger charge is -2.21. The molecule has 0 bridgehead atoms. The van der Waals surface area contributed by atoms with Crippen molar-refractivity contribution in [3.05, 3.63) is 72.4 Å². The summed E-state index contributed by atoms with van der Waals surface area (Å²) in [6, 6.07) is 18.8. The number of nitrogens with zero attached hydrogens (tertiary/aromatic N) is 2. The van der Waals surface area contributed by atoms with Crippen molar-refractivity contribution in [1.29, 1.82) is 0 Å². The van der Waals surface area contributed by atoms with Gasteiger partial charge in [0.15, 0.2) is 0 Å².